The molecule has 2 rings (SSSR count). The van der Waals surface area contributed by atoms with Gasteiger partial charge in [0.1, 0.15) is 18.1 Å². The Morgan fingerprint density at radius 3 is 2.54 bits per heavy atom. The van der Waals surface area contributed by atoms with Crippen LogP contribution in [0.3, 0.4) is 0 Å². The number of phenols is 1. The van der Waals surface area contributed by atoms with Crippen molar-refractivity contribution in [1.82, 2.24) is 0 Å². The summed E-state index contributed by atoms with van der Waals surface area (Å²) in [7, 11) is 0. The molecule has 0 radical (unpaired) electrons. The SMILES string of the molecule is Cc1ccc(C=NCC(=O)c2cc([N+](=O)[O-])cc([N+](=O)[O-])c2O)o1. The molecule has 0 saturated carbocycles. The zero-order valence-corrected chi connectivity index (χ0v) is 12.3. The van der Waals surface area contributed by atoms with Gasteiger partial charge >= 0.3 is 5.69 Å². The minimum absolute atomic E-state index is 0.398. The maximum atomic E-state index is 12.1. The van der Waals surface area contributed by atoms with Gasteiger partial charge < -0.3 is 9.52 Å². The van der Waals surface area contributed by atoms with Gasteiger partial charge in [0.15, 0.2) is 5.78 Å². The lowest BCUT2D eigenvalue weighted by Crippen LogP contribution is -2.06. The first-order valence-corrected chi connectivity index (χ1v) is 6.55. The van der Waals surface area contributed by atoms with Crippen LogP contribution in [0.25, 0.3) is 0 Å². The molecule has 2 aromatic rings. The van der Waals surface area contributed by atoms with Crippen LogP contribution in [-0.2, 0) is 0 Å². The minimum atomic E-state index is -1.01. The summed E-state index contributed by atoms with van der Waals surface area (Å²) in [5.41, 5.74) is -2.13. The fourth-order valence-electron chi connectivity index (χ4n) is 1.89. The molecule has 0 amide bonds. The summed E-state index contributed by atoms with van der Waals surface area (Å²) in [6.07, 6.45) is 1.27. The van der Waals surface area contributed by atoms with Crippen molar-refractivity contribution in [2.75, 3.05) is 6.54 Å². The van der Waals surface area contributed by atoms with Gasteiger partial charge in [-0.2, -0.15) is 0 Å². The maximum Gasteiger partial charge on any atom is 0.318 e. The number of hydrogen-bond donors (Lipinski definition) is 1. The Morgan fingerprint density at radius 1 is 1.29 bits per heavy atom. The molecule has 1 aromatic heterocycles. The number of aliphatic imine (C=N–C) groups is 1. The Hall–Kier alpha value is -3.56. The predicted octanol–water partition coefficient (Wildman–Crippen LogP) is 2.41. The quantitative estimate of drug-likeness (QED) is 0.369. The van der Waals surface area contributed by atoms with Gasteiger partial charge in [0.2, 0.25) is 5.75 Å². The number of carbonyl (C=O) groups excluding carboxylic acids is 1. The van der Waals surface area contributed by atoms with Crippen LogP contribution >= 0.6 is 0 Å². The van der Waals surface area contributed by atoms with Crippen LogP contribution in [0.4, 0.5) is 11.4 Å². The molecule has 1 aromatic carbocycles. The van der Waals surface area contributed by atoms with Crippen LogP contribution in [0.1, 0.15) is 21.9 Å². The van der Waals surface area contributed by atoms with E-state index in [4.69, 9.17) is 4.42 Å². The Balaban J connectivity index is 2.29. The maximum absolute atomic E-state index is 12.1. The van der Waals surface area contributed by atoms with Gasteiger partial charge in [-0.25, -0.2) is 0 Å². The van der Waals surface area contributed by atoms with Crippen molar-refractivity contribution in [3.05, 3.63) is 61.6 Å². The number of furan rings is 1. The largest absolute Gasteiger partial charge is 0.502 e. The van der Waals surface area contributed by atoms with Crippen molar-refractivity contribution in [3.8, 4) is 5.75 Å². The number of non-ortho nitro benzene ring substituents is 1. The molecule has 0 atom stereocenters. The summed E-state index contributed by atoms with van der Waals surface area (Å²) < 4.78 is 5.21. The van der Waals surface area contributed by atoms with Crippen molar-refractivity contribution in [2.45, 2.75) is 6.92 Å². The molecule has 0 aliphatic heterocycles. The standard InChI is InChI=1S/C14H11N3O7/c1-8-2-3-10(24-8)6-15-7-13(18)11-4-9(16(20)21)5-12(14(11)19)17(22)23/h2-6,19H,7H2,1H3. The third kappa shape index (κ3) is 3.61. The first-order valence-electron chi connectivity index (χ1n) is 6.55. The predicted molar refractivity (Wildman–Crippen MR) is 81.7 cm³/mol. The second-order valence-electron chi connectivity index (χ2n) is 4.72. The number of phenolic OH excluding ortho intramolecular Hbond substituents is 1. The molecular formula is C14H11N3O7. The van der Waals surface area contributed by atoms with Gasteiger partial charge in [-0.1, -0.05) is 0 Å². The summed E-state index contributed by atoms with van der Waals surface area (Å²) in [5, 5.41) is 31.5. The fraction of sp³-hybridized carbons (Fsp3) is 0.143. The van der Waals surface area contributed by atoms with Gasteiger partial charge in [0, 0.05) is 6.07 Å². The number of nitro groups is 2. The lowest BCUT2D eigenvalue weighted by atomic mass is 10.1. The molecule has 0 aliphatic carbocycles. The second-order valence-corrected chi connectivity index (χ2v) is 4.72. The second kappa shape index (κ2) is 6.69. The first-order chi connectivity index (χ1) is 11.3. The van der Waals surface area contributed by atoms with E-state index in [1.54, 1.807) is 19.1 Å². The first kappa shape index (κ1) is 16.8. The van der Waals surface area contributed by atoms with E-state index in [-0.39, 0.29) is 0 Å². The smallest absolute Gasteiger partial charge is 0.318 e. The van der Waals surface area contributed by atoms with Crippen LogP contribution in [0.2, 0.25) is 0 Å². The number of aryl methyl sites for hydroxylation is 1. The van der Waals surface area contributed by atoms with Crippen LogP contribution < -0.4 is 0 Å². The van der Waals surface area contributed by atoms with E-state index in [1.807, 2.05) is 0 Å². The normalized spacial score (nSPS) is 10.9. The van der Waals surface area contributed by atoms with E-state index >= 15 is 0 Å². The number of ketones is 1. The average Bonchev–Trinajstić information content (AvgIpc) is 2.92. The molecule has 1 heterocycles. The van der Waals surface area contributed by atoms with Crippen LogP contribution in [-0.4, -0.2) is 33.5 Å². The van der Waals surface area contributed by atoms with E-state index in [0.717, 1.165) is 6.07 Å². The van der Waals surface area contributed by atoms with Crippen molar-refractivity contribution in [2.24, 2.45) is 4.99 Å². The van der Waals surface area contributed by atoms with E-state index in [9.17, 15) is 30.1 Å². The molecule has 10 heteroatoms. The number of benzene rings is 1. The van der Waals surface area contributed by atoms with Gasteiger partial charge in [-0.15, -0.1) is 0 Å². The summed E-state index contributed by atoms with van der Waals surface area (Å²) in [4.78, 5) is 35.6. The topological polar surface area (TPSA) is 149 Å². The van der Waals surface area contributed by atoms with Crippen LogP contribution in [0.15, 0.2) is 33.7 Å². The van der Waals surface area contributed by atoms with E-state index in [1.165, 1.54) is 6.21 Å². The highest BCUT2D eigenvalue weighted by atomic mass is 16.6. The Bertz CT molecular complexity index is 854. The van der Waals surface area contributed by atoms with Gasteiger partial charge in [0.25, 0.3) is 5.69 Å². The molecular weight excluding hydrogens is 322 g/mol. The van der Waals surface area contributed by atoms with Gasteiger partial charge in [-0.05, 0) is 19.1 Å². The average molecular weight is 333 g/mol. The molecule has 10 nitrogen and oxygen atoms in total. The summed E-state index contributed by atoms with van der Waals surface area (Å²) in [6, 6.07) is 4.68. The lowest BCUT2D eigenvalue weighted by Gasteiger charge is -2.03. The fourth-order valence-corrected chi connectivity index (χ4v) is 1.89. The molecule has 0 bridgehead atoms. The molecule has 0 saturated heterocycles. The third-order valence-electron chi connectivity index (χ3n) is 3.00. The summed E-state index contributed by atoms with van der Waals surface area (Å²) >= 11 is 0. The molecule has 0 aliphatic rings. The van der Waals surface area contributed by atoms with Gasteiger partial charge in [-0.3, -0.25) is 30.0 Å². The van der Waals surface area contributed by atoms with E-state index in [0.29, 0.717) is 17.6 Å². The van der Waals surface area contributed by atoms with Crippen molar-refractivity contribution in [1.29, 1.82) is 0 Å². The Kier molecular flexibility index (Phi) is 4.68. The molecule has 24 heavy (non-hydrogen) atoms. The van der Waals surface area contributed by atoms with Crippen LogP contribution in [0, 0.1) is 27.2 Å². The van der Waals surface area contributed by atoms with E-state index in [2.05, 4.69) is 4.99 Å². The zero-order valence-electron chi connectivity index (χ0n) is 12.3. The molecule has 1 N–H and O–H groups in total. The highest BCUT2D eigenvalue weighted by Gasteiger charge is 2.26. The van der Waals surface area contributed by atoms with E-state index < -0.39 is 44.9 Å². The van der Waals surface area contributed by atoms with Crippen molar-refractivity contribution in [3.63, 3.8) is 0 Å². The molecule has 0 fully saturated rings. The highest BCUT2D eigenvalue weighted by molar-refractivity contribution is 6.02. The highest BCUT2D eigenvalue weighted by Crippen LogP contribution is 2.34. The van der Waals surface area contributed by atoms with Crippen molar-refractivity contribution >= 4 is 23.4 Å². The number of aromatic hydroxyl groups is 1. The number of nitrogens with zero attached hydrogens (tertiary/aromatic N) is 3. The Morgan fingerprint density at radius 2 is 2.00 bits per heavy atom. The van der Waals surface area contributed by atoms with Crippen molar-refractivity contribution < 1.29 is 24.2 Å². The minimum Gasteiger partial charge on any atom is -0.502 e. The van der Waals surface area contributed by atoms with Gasteiger partial charge in [0.05, 0.1) is 27.7 Å². The summed E-state index contributed by atoms with van der Waals surface area (Å²) in [5.74, 6) is -0.692. The monoisotopic (exact) mass is 333 g/mol. The molecule has 124 valence electrons. The number of rotatable bonds is 6. The third-order valence-corrected chi connectivity index (χ3v) is 3.00. The van der Waals surface area contributed by atoms with Crippen LogP contribution in [0.5, 0.6) is 5.75 Å². The number of Topliss-reactive ketones (excluding diaryl/α,β-unsaturated/α-hetero) is 1. The molecule has 0 spiro atoms. The zero-order chi connectivity index (χ0) is 17.9. The number of carbonyl (C=O) groups is 1. The molecule has 0 unspecified atom stereocenters. The lowest BCUT2D eigenvalue weighted by molar-refractivity contribution is -0.394. The summed E-state index contributed by atoms with van der Waals surface area (Å²) in [6.45, 7) is 1.26. The Labute approximate surface area is 134 Å². The number of hydrogen-bond acceptors (Lipinski definition) is 8. The number of nitro benzene ring substituents is 2.